The van der Waals surface area contributed by atoms with Crippen molar-refractivity contribution in [2.75, 3.05) is 30.7 Å². The number of halogens is 3. The van der Waals surface area contributed by atoms with E-state index in [1.54, 1.807) is 30.3 Å². The largest absolute Gasteiger partial charge is 0.491 e. The first-order valence-electron chi connectivity index (χ1n) is 10.9. The second kappa shape index (κ2) is 12.9. The van der Waals surface area contributed by atoms with E-state index in [1.807, 2.05) is 36.4 Å². The van der Waals surface area contributed by atoms with Gasteiger partial charge in [0.2, 0.25) is 10.0 Å². The summed E-state index contributed by atoms with van der Waals surface area (Å²) in [4.78, 5) is 2.16. The number of hydrogen-bond acceptors (Lipinski definition) is 5. The number of nitrogens with one attached hydrogen (secondary N) is 1. The van der Waals surface area contributed by atoms with E-state index in [0.717, 1.165) is 28.3 Å². The van der Waals surface area contributed by atoms with Gasteiger partial charge in [0, 0.05) is 29.8 Å². The van der Waals surface area contributed by atoms with Crippen LogP contribution < -0.4 is 9.46 Å². The number of aliphatic hydroxyl groups excluding tert-OH is 1. The summed E-state index contributed by atoms with van der Waals surface area (Å²) in [6.07, 6.45) is 1.10. The summed E-state index contributed by atoms with van der Waals surface area (Å²) < 4.78 is 31.8. The lowest BCUT2D eigenvalue weighted by Crippen LogP contribution is -2.36. The van der Waals surface area contributed by atoms with Crippen molar-refractivity contribution in [2.45, 2.75) is 19.1 Å². The van der Waals surface area contributed by atoms with E-state index < -0.39 is 16.1 Å². The van der Waals surface area contributed by atoms with Crippen LogP contribution in [0.5, 0.6) is 5.75 Å². The molecule has 0 unspecified atom stereocenters. The predicted molar refractivity (Wildman–Crippen MR) is 146 cm³/mol. The Bertz CT molecular complexity index is 1230. The van der Waals surface area contributed by atoms with Gasteiger partial charge in [-0.3, -0.25) is 9.62 Å². The van der Waals surface area contributed by atoms with Crippen molar-refractivity contribution in [1.29, 1.82) is 0 Å². The van der Waals surface area contributed by atoms with Gasteiger partial charge >= 0.3 is 0 Å². The maximum Gasteiger partial charge on any atom is 0.229 e. The van der Waals surface area contributed by atoms with E-state index in [9.17, 15) is 13.5 Å². The highest BCUT2D eigenvalue weighted by Crippen LogP contribution is 2.24. The second-order valence-corrected chi connectivity index (χ2v) is 11.6. The van der Waals surface area contributed by atoms with E-state index in [2.05, 4.69) is 25.6 Å². The quantitative estimate of drug-likeness (QED) is 0.282. The van der Waals surface area contributed by atoms with Crippen molar-refractivity contribution in [2.24, 2.45) is 0 Å². The molecular weight excluding hydrogens is 575 g/mol. The van der Waals surface area contributed by atoms with E-state index in [1.165, 1.54) is 0 Å². The van der Waals surface area contributed by atoms with Crippen molar-refractivity contribution in [3.8, 4) is 5.75 Å². The van der Waals surface area contributed by atoms with Gasteiger partial charge in [0.25, 0.3) is 0 Å². The fraction of sp³-hybridized carbons (Fsp3) is 0.280. The summed E-state index contributed by atoms with van der Waals surface area (Å²) in [5.41, 5.74) is 2.62. The predicted octanol–water partition coefficient (Wildman–Crippen LogP) is 5.61. The maximum absolute atomic E-state index is 11.3. The van der Waals surface area contributed by atoms with Crippen LogP contribution >= 0.6 is 39.1 Å². The highest BCUT2D eigenvalue weighted by molar-refractivity contribution is 9.10. The molecule has 0 aromatic heterocycles. The third kappa shape index (κ3) is 9.63. The van der Waals surface area contributed by atoms with Gasteiger partial charge in [0.1, 0.15) is 18.5 Å². The summed E-state index contributed by atoms with van der Waals surface area (Å²) in [6.45, 7) is 1.84. The van der Waals surface area contributed by atoms with E-state index in [-0.39, 0.29) is 6.61 Å². The molecule has 3 aromatic rings. The van der Waals surface area contributed by atoms with E-state index in [4.69, 9.17) is 27.9 Å². The van der Waals surface area contributed by atoms with Crippen LogP contribution in [0.3, 0.4) is 0 Å². The summed E-state index contributed by atoms with van der Waals surface area (Å²) in [5, 5.41) is 11.7. The molecule has 1 atom stereocenters. The van der Waals surface area contributed by atoms with Gasteiger partial charge in [-0.15, -0.1) is 0 Å². The first-order valence-corrected chi connectivity index (χ1v) is 14.3. The average molecular weight is 602 g/mol. The van der Waals surface area contributed by atoms with Crippen molar-refractivity contribution >= 4 is 54.8 Å². The summed E-state index contributed by atoms with van der Waals surface area (Å²) in [7, 11) is -3.34. The number of hydrogen-bond donors (Lipinski definition) is 2. The molecule has 0 spiro atoms. The molecule has 6 nitrogen and oxygen atoms in total. The van der Waals surface area contributed by atoms with Crippen LogP contribution in [0.4, 0.5) is 5.69 Å². The van der Waals surface area contributed by atoms with Crippen LogP contribution in [0, 0.1) is 0 Å². The highest BCUT2D eigenvalue weighted by Gasteiger charge is 2.15. The Morgan fingerprint density at radius 2 is 1.77 bits per heavy atom. The molecule has 188 valence electrons. The fourth-order valence-electron chi connectivity index (χ4n) is 3.46. The molecule has 0 amide bonds. The van der Waals surface area contributed by atoms with Crippen LogP contribution in [-0.2, 0) is 23.0 Å². The monoisotopic (exact) mass is 600 g/mol. The Hall–Kier alpha value is -1.81. The Labute approximate surface area is 225 Å². The first-order chi connectivity index (χ1) is 16.6. The minimum absolute atomic E-state index is 0.0953. The fourth-order valence-corrected chi connectivity index (χ4v) is 4.76. The normalized spacial score (nSPS) is 12.5. The van der Waals surface area contributed by atoms with Crippen LogP contribution in [0.2, 0.25) is 10.0 Å². The number of ether oxygens (including phenoxy) is 1. The third-order valence-corrected chi connectivity index (χ3v) is 7.24. The molecule has 3 aromatic carbocycles. The topological polar surface area (TPSA) is 78.9 Å². The molecular formula is C25H27BrCl2N2O4S. The van der Waals surface area contributed by atoms with Gasteiger partial charge in [0.15, 0.2) is 0 Å². The summed E-state index contributed by atoms with van der Waals surface area (Å²) >= 11 is 15.8. The molecule has 0 saturated heterocycles. The Kier molecular flexibility index (Phi) is 10.3. The van der Waals surface area contributed by atoms with Gasteiger partial charge in [0.05, 0.1) is 16.3 Å². The number of aliphatic hydroxyl groups is 1. The van der Waals surface area contributed by atoms with Gasteiger partial charge < -0.3 is 9.84 Å². The van der Waals surface area contributed by atoms with Crippen molar-refractivity contribution in [1.82, 2.24) is 4.90 Å². The van der Waals surface area contributed by atoms with Gasteiger partial charge in [-0.1, -0.05) is 63.4 Å². The Balaban J connectivity index is 1.60. The molecule has 10 heteroatoms. The molecule has 2 N–H and O–H groups in total. The van der Waals surface area contributed by atoms with Gasteiger partial charge in [-0.25, -0.2) is 8.42 Å². The molecule has 0 bridgehead atoms. The molecule has 0 aliphatic heterocycles. The molecule has 0 radical (unpaired) electrons. The molecule has 0 fully saturated rings. The lowest BCUT2D eigenvalue weighted by atomic mass is 10.1. The number of benzene rings is 3. The molecule has 35 heavy (non-hydrogen) atoms. The zero-order valence-electron chi connectivity index (χ0n) is 19.1. The first kappa shape index (κ1) is 27.8. The maximum atomic E-state index is 11.3. The third-order valence-electron chi connectivity index (χ3n) is 5.12. The van der Waals surface area contributed by atoms with Gasteiger partial charge in [-0.05, 0) is 60.0 Å². The summed E-state index contributed by atoms with van der Waals surface area (Å²) in [6, 6.07) is 20.1. The smallest absolute Gasteiger partial charge is 0.229 e. The van der Waals surface area contributed by atoms with Crippen LogP contribution in [0.15, 0.2) is 71.2 Å². The Morgan fingerprint density at radius 1 is 1.06 bits per heavy atom. The van der Waals surface area contributed by atoms with Crippen molar-refractivity contribution < 1.29 is 18.3 Å². The molecule has 0 aliphatic carbocycles. The average Bonchev–Trinajstić information content (AvgIpc) is 2.79. The highest BCUT2D eigenvalue weighted by atomic mass is 79.9. The number of rotatable bonds is 12. The lowest BCUT2D eigenvalue weighted by Gasteiger charge is -2.26. The minimum atomic E-state index is -3.34. The van der Waals surface area contributed by atoms with Gasteiger partial charge in [-0.2, -0.15) is 0 Å². The lowest BCUT2D eigenvalue weighted by molar-refractivity contribution is 0.0659. The van der Waals surface area contributed by atoms with Crippen molar-refractivity contribution in [3.63, 3.8) is 0 Å². The number of nitrogens with zero attached hydrogens (tertiary/aromatic N) is 1. The molecule has 0 saturated carbocycles. The van der Waals surface area contributed by atoms with Crippen LogP contribution in [-0.4, -0.2) is 50.5 Å². The van der Waals surface area contributed by atoms with E-state index >= 15 is 0 Å². The molecule has 3 rings (SSSR count). The van der Waals surface area contributed by atoms with Crippen LogP contribution in [0.25, 0.3) is 0 Å². The Morgan fingerprint density at radius 3 is 2.43 bits per heavy atom. The zero-order valence-corrected chi connectivity index (χ0v) is 23.0. The number of sulfonamides is 1. The second-order valence-electron chi connectivity index (χ2n) is 8.19. The van der Waals surface area contributed by atoms with Crippen LogP contribution in [0.1, 0.15) is 11.1 Å². The van der Waals surface area contributed by atoms with Crippen molar-refractivity contribution in [3.05, 3.63) is 92.4 Å². The van der Waals surface area contributed by atoms with E-state index in [0.29, 0.717) is 41.1 Å². The number of anilines is 1. The SMILES string of the molecule is CS(=O)(=O)Nc1ccc(OC[C@@H](O)CN(CCc2ccc(Cl)c(Cl)c2)Cc2ccccc2Br)cc1. The minimum Gasteiger partial charge on any atom is -0.491 e. The molecule has 0 aliphatic rings. The standard InChI is InChI=1S/C25H27BrCl2N2O4S/c1-35(32,33)29-20-7-9-22(10-8-20)34-17-21(31)16-30(15-19-4-2-3-5-23(19)26)13-12-18-6-11-24(27)25(28)14-18/h2-11,14,21,29,31H,12-13,15-17H2,1H3/t21-/m0/s1. The summed E-state index contributed by atoms with van der Waals surface area (Å²) in [5.74, 6) is 0.538. The zero-order chi connectivity index (χ0) is 25.4. The molecule has 0 heterocycles.